The van der Waals surface area contributed by atoms with E-state index in [1.54, 1.807) is 19.1 Å². The summed E-state index contributed by atoms with van der Waals surface area (Å²) in [6.45, 7) is 1.47. The Bertz CT molecular complexity index is 1040. The Hall–Kier alpha value is -3.11. The maximum atomic E-state index is 12.1. The van der Waals surface area contributed by atoms with Crippen molar-refractivity contribution in [3.8, 4) is 11.5 Å². The van der Waals surface area contributed by atoms with Gasteiger partial charge in [-0.3, -0.25) is 4.79 Å². The number of sulfonamides is 1. The van der Waals surface area contributed by atoms with Gasteiger partial charge in [-0.25, -0.2) is 18.4 Å². The predicted octanol–water partition coefficient (Wildman–Crippen LogP) is 0.755. The van der Waals surface area contributed by atoms with E-state index in [4.69, 9.17) is 19.3 Å². The van der Waals surface area contributed by atoms with Crippen molar-refractivity contribution in [3.05, 3.63) is 53.6 Å². The number of nitrogens with one attached hydrogen (secondary N) is 1. The van der Waals surface area contributed by atoms with Crippen LogP contribution in [0.25, 0.3) is 0 Å². The first-order chi connectivity index (χ1) is 13.7. The minimum atomic E-state index is -3.98. The monoisotopic (exact) mass is 420 g/mol. The smallest absolute Gasteiger partial charge is 0.338 e. The van der Waals surface area contributed by atoms with Crippen molar-refractivity contribution in [2.45, 2.75) is 17.9 Å². The van der Waals surface area contributed by atoms with Crippen molar-refractivity contribution in [1.82, 2.24) is 5.32 Å². The van der Waals surface area contributed by atoms with Crippen molar-refractivity contribution >= 4 is 21.9 Å². The first-order valence-electron chi connectivity index (χ1n) is 8.70. The van der Waals surface area contributed by atoms with Crippen molar-refractivity contribution in [3.63, 3.8) is 0 Å². The fraction of sp³-hybridized carbons (Fsp3) is 0.263. The summed E-state index contributed by atoms with van der Waals surface area (Å²) in [4.78, 5) is 23.9. The number of hydrogen-bond acceptors (Lipinski definition) is 7. The van der Waals surface area contributed by atoms with Crippen molar-refractivity contribution in [1.29, 1.82) is 0 Å². The maximum Gasteiger partial charge on any atom is 0.338 e. The Balaban J connectivity index is 1.49. The molecule has 2 aromatic carbocycles. The van der Waals surface area contributed by atoms with Gasteiger partial charge >= 0.3 is 5.97 Å². The Morgan fingerprint density at radius 3 is 2.66 bits per heavy atom. The number of hydrogen-bond donors (Lipinski definition) is 2. The molecule has 1 aliphatic rings. The molecule has 1 aliphatic heterocycles. The van der Waals surface area contributed by atoms with Crippen LogP contribution in [0.5, 0.6) is 11.5 Å². The van der Waals surface area contributed by atoms with Crippen LogP contribution in [0.4, 0.5) is 0 Å². The van der Waals surface area contributed by atoms with Gasteiger partial charge in [0.15, 0.2) is 18.1 Å². The van der Waals surface area contributed by atoms with E-state index in [-0.39, 0.29) is 29.7 Å². The number of carbonyl (C=O) groups excluding carboxylic acids is 2. The van der Waals surface area contributed by atoms with Crippen LogP contribution in [0.1, 0.15) is 15.9 Å². The standard InChI is InChI=1S/C19H20N2O7S/c1-12-6-7-13(8-17(12)29(20,24)25)19(23)27-11-18(22)21-9-14-10-26-15-4-2-3-5-16(15)28-14/h2-8,14H,9-11H2,1H3,(H,21,22)(H2,20,24,25). The predicted molar refractivity (Wildman–Crippen MR) is 102 cm³/mol. The number of amides is 1. The summed E-state index contributed by atoms with van der Waals surface area (Å²) in [5.74, 6) is -0.133. The molecule has 10 heteroatoms. The number of rotatable bonds is 6. The number of esters is 1. The van der Waals surface area contributed by atoms with E-state index in [9.17, 15) is 18.0 Å². The molecule has 9 nitrogen and oxygen atoms in total. The van der Waals surface area contributed by atoms with E-state index in [0.717, 1.165) is 6.07 Å². The zero-order valence-corrected chi connectivity index (χ0v) is 16.4. The number of aryl methyl sites for hydroxylation is 1. The Morgan fingerprint density at radius 1 is 1.21 bits per heavy atom. The SMILES string of the molecule is Cc1ccc(C(=O)OCC(=O)NCC2COc3ccccc3O2)cc1S(N)(=O)=O. The molecule has 0 saturated carbocycles. The third kappa shape index (κ3) is 5.24. The first-order valence-corrected chi connectivity index (χ1v) is 10.2. The third-order valence-electron chi connectivity index (χ3n) is 4.16. The number of nitrogens with two attached hydrogens (primary N) is 1. The minimum absolute atomic E-state index is 0.0203. The Labute approximate surface area is 167 Å². The minimum Gasteiger partial charge on any atom is -0.486 e. The third-order valence-corrected chi connectivity index (χ3v) is 5.21. The summed E-state index contributed by atoms with van der Waals surface area (Å²) in [7, 11) is -3.98. The second-order valence-electron chi connectivity index (χ2n) is 6.40. The molecule has 3 N–H and O–H groups in total. The van der Waals surface area contributed by atoms with E-state index in [0.29, 0.717) is 17.1 Å². The number of para-hydroxylation sites is 2. The van der Waals surface area contributed by atoms with Crippen LogP contribution in [-0.2, 0) is 19.6 Å². The van der Waals surface area contributed by atoms with Gasteiger partial charge in [-0.2, -0.15) is 0 Å². The summed E-state index contributed by atoms with van der Waals surface area (Å²) in [6.07, 6.45) is -0.376. The van der Waals surface area contributed by atoms with E-state index < -0.39 is 28.5 Å². The van der Waals surface area contributed by atoms with E-state index in [1.807, 2.05) is 12.1 Å². The van der Waals surface area contributed by atoms with Crippen LogP contribution in [0.15, 0.2) is 47.4 Å². The highest BCUT2D eigenvalue weighted by atomic mass is 32.2. The highest BCUT2D eigenvalue weighted by Crippen LogP contribution is 2.30. The van der Waals surface area contributed by atoms with Crippen molar-refractivity contribution in [2.75, 3.05) is 19.8 Å². The topological polar surface area (TPSA) is 134 Å². The van der Waals surface area contributed by atoms with Gasteiger partial charge in [-0.1, -0.05) is 18.2 Å². The van der Waals surface area contributed by atoms with Crippen LogP contribution in [0.3, 0.4) is 0 Å². The lowest BCUT2D eigenvalue weighted by atomic mass is 10.1. The molecule has 1 amide bonds. The first kappa shape index (κ1) is 20.6. The van der Waals surface area contributed by atoms with Crippen LogP contribution >= 0.6 is 0 Å². The van der Waals surface area contributed by atoms with E-state index in [2.05, 4.69) is 5.32 Å². The van der Waals surface area contributed by atoms with Crippen molar-refractivity contribution in [2.24, 2.45) is 5.14 Å². The lowest BCUT2D eigenvalue weighted by Crippen LogP contribution is -2.42. The van der Waals surface area contributed by atoms with Gasteiger partial charge in [0.2, 0.25) is 10.0 Å². The number of ether oxygens (including phenoxy) is 3. The molecule has 3 rings (SSSR count). The zero-order valence-electron chi connectivity index (χ0n) is 15.6. The van der Waals surface area contributed by atoms with Crippen LogP contribution < -0.4 is 19.9 Å². The fourth-order valence-corrected chi connectivity index (χ4v) is 3.50. The summed E-state index contributed by atoms with van der Waals surface area (Å²) in [5, 5.41) is 7.72. The average molecular weight is 420 g/mol. The van der Waals surface area contributed by atoms with Crippen LogP contribution in [0.2, 0.25) is 0 Å². The normalized spacial score (nSPS) is 15.4. The molecule has 1 heterocycles. The van der Waals surface area contributed by atoms with Crippen LogP contribution in [0, 0.1) is 6.92 Å². The molecule has 0 aromatic heterocycles. The molecule has 1 atom stereocenters. The largest absolute Gasteiger partial charge is 0.486 e. The second-order valence-corrected chi connectivity index (χ2v) is 7.93. The summed E-state index contributed by atoms with van der Waals surface area (Å²) in [6, 6.07) is 11.2. The Morgan fingerprint density at radius 2 is 1.93 bits per heavy atom. The molecule has 0 saturated heterocycles. The number of primary sulfonamides is 1. The van der Waals surface area contributed by atoms with Gasteiger partial charge in [0.25, 0.3) is 5.91 Å². The van der Waals surface area contributed by atoms with Crippen molar-refractivity contribution < 1.29 is 32.2 Å². The molecule has 0 spiro atoms. The van der Waals surface area contributed by atoms with Gasteiger partial charge in [0.1, 0.15) is 12.7 Å². The molecule has 29 heavy (non-hydrogen) atoms. The maximum absolute atomic E-state index is 12.1. The molecule has 154 valence electrons. The van der Waals surface area contributed by atoms with Crippen LogP contribution in [-0.4, -0.2) is 46.2 Å². The summed E-state index contributed by atoms with van der Waals surface area (Å²) < 4.78 is 39.3. The fourth-order valence-electron chi connectivity index (χ4n) is 2.69. The molecule has 0 radical (unpaired) electrons. The van der Waals surface area contributed by atoms with Gasteiger partial charge in [-0.15, -0.1) is 0 Å². The van der Waals surface area contributed by atoms with Gasteiger partial charge in [0, 0.05) is 0 Å². The van der Waals surface area contributed by atoms with E-state index >= 15 is 0 Å². The molecule has 2 aromatic rings. The molecule has 0 aliphatic carbocycles. The highest BCUT2D eigenvalue weighted by Gasteiger charge is 2.21. The quantitative estimate of drug-likeness (QED) is 0.659. The number of fused-ring (bicyclic) bond motifs is 1. The lowest BCUT2D eigenvalue weighted by molar-refractivity contribution is -0.124. The molecule has 0 bridgehead atoms. The molecule has 1 unspecified atom stereocenters. The molecule has 0 fully saturated rings. The van der Waals surface area contributed by atoms with Gasteiger partial charge in [0.05, 0.1) is 17.0 Å². The second kappa shape index (κ2) is 8.50. The van der Waals surface area contributed by atoms with Gasteiger partial charge in [-0.05, 0) is 36.8 Å². The number of carbonyl (C=O) groups is 2. The van der Waals surface area contributed by atoms with Gasteiger partial charge < -0.3 is 19.5 Å². The average Bonchev–Trinajstić information content (AvgIpc) is 2.69. The number of benzene rings is 2. The van der Waals surface area contributed by atoms with E-state index in [1.165, 1.54) is 12.1 Å². The summed E-state index contributed by atoms with van der Waals surface area (Å²) >= 11 is 0. The molecular weight excluding hydrogens is 400 g/mol. The Kier molecular flexibility index (Phi) is 6.04. The highest BCUT2D eigenvalue weighted by molar-refractivity contribution is 7.89. The zero-order chi connectivity index (χ0) is 21.0. The lowest BCUT2D eigenvalue weighted by Gasteiger charge is -2.26. The molecular formula is C19H20N2O7S. The summed E-state index contributed by atoms with van der Waals surface area (Å²) in [5.41, 5.74) is 0.381.